The topological polar surface area (TPSA) is 85.1 Å². The van der Waals surface area contributed by atoms with Gasteiger partial charge in [-0.15, -0.1) is 0 Å². The third-order valence-corrected chi connectivity index (χ3v) is 3.48. The predicted molar refractivity (Wildman–Crippen MR) is 86.0 cm³/mol. The molecular formula is C17H13N3O3. The summed E-state index contributed by atoms with van der Waals surface area (Å²) in [6.07, 6.45) is 1.12. The molecule has 1 amide bonds. The Morgan fingerprint density at radius 2 is 1.78 bits per heavy atom. The van der Waals surface area contributed by atoms with Gasteiger partial charge >= 0.3 is 5.69 Å². The number of amides is 1. The number of nitrogens with zero attached hydrogens (tertiary/aromatic N) is 2. The van der Waals surface area contributed by atoms with Gasteiger partial charge in [-0.2, -0.15) is 0 Å². The Kier molecular flexibility index (Phi) is 3.97. The van der Waals surface area contributed by atoms with Crippen molar-refractivity contribution in [1.82, 2.24) is 10.3 Å². The molecule has 23 heavy (non-hydrogen) atoms. The highest BCUT2D eigenvalue weighted by Gasteiger charge is 2.23. The molecule has 0 bridgehead atoms. The average molecular weight is 307 g/mol. The van der Waals surface area contributed by atoms with Crippen LogP contribution in [0.25, 0.3) is 10.9 Å². The molecule has 6 nitrogen and oxygen atoms in total. The van der Waals surface area contributed by atoms with E-state index in [2.05, 4.69) is 10.3 Å². The first-order chi connectivity index (χ1) is 11.2. The Morgan fingerprint density at radius 3 is 2.52 bits per heavy atom. The van der Waals surface area contributed by atoms with Gasteiger partial charge in [0, 0.05) is 11.9 Å². The van der Waals surface area contributed by atoms with E-state index >= 15 is 0 Å². The number of pyridine rings is 1. The quantitative estimate of drug-likeness (QED) is 0.593. The van der Waals surface area contributed by atoms with E-state index in [4.69, 9.17) is 0 Å². The van der Waals surface area contributed by atoms with E-state index in [9.17, 15) is 14.9 Å². The van der Waals surface area contributed by atoms with Crippen molar-refractivity contribution in [1.29, 1.82) is 0 Å². The van der Waals surface area contributed by atoms with Crippen LogP contribution in [0.5, 0.6) is 0 Å². The van der Waals surface area contributed by atoms with Gasteiger partial charge in [-0.3, -0.25) is 14.9 Å². The van der Waals surface area contributed by atoms with E-state index in [1.165, 1.54) is 0 Å². The lowest BCUT2D eigenvalue weighted by atomic mass is 10.1. The zero-order valence-corrected chi connectivity index (χ0v) is 12.1. The van der Waals surface area contributed by atoms with Crippen molar-refractivity contribution < 1.29 is 9.72 Å². The number of hydrogen-bond donors (Lipinski definition) is 1. The number of hydrogen-bond acceptors (Lipinski definition) is 4. The van der Waals surface area contributed by atoms with Crippen LogP contribution < -0.4 is 5.32 Å². The Morgan fingerprint density at radius 1 is 1.09 bits per heavy atom. The van der Waals surface area contributed by atoms with Crippen LogP contribution in [0.2, 0.25) is 0 Å². The van der Waals surface area contributed by atoms with Crippen molar-refractivity contribution in [3.63, 3.8) is 0 Å². The molecule has 0 saturated heterocycles. The molecule has 1 heterocycles. The molecule has 0 fully saturated rings. The zero-order valence-electron chi connectivity index (χ0n) is 12.1. The lowest BCUT2D eigenvalue weighted by Gasteiger charge is -2.08. The fraction of sp³-hybridized carbons (Fsp3) is 0.0588. The summed E-state index contributed by atoms with van der Waals surface area (Å²) in [6, 6.07) is 16.2. The van der Waals surface area contributed by atoms with Crippen LogP contribution in [0.1, 0.15) is 15.9 Å². The summed E-state index contributed by atoms with van der Waals surface area (Å²) in [6.45, 7) is 0.299. The van der Waals surface area contributed by atoms with Crippen LogP contribution in [0.3, 0.4) is 0 Å². The summed E-state index contributed by atoms with van der Waals surface area (Å²) in [4.78, 5) is 27.2. The molecule has 0 atom stereocenters. The molecule has 0 radical (unpaired) electrons. The minimum Gasteiger partial charge on any atom is -0.348 e. The number of nitrogens with one attached hydrogen (secondary N) is 1. The van der Waals surface area contributed by atoms with Gasteiger partial charge in [0.1, 0.15) is 11.8 Å². The summed E-state index contributed by atoms with van der Waals surface area (Å²) >= 11 is 0. The van der Waals surface area contributed by atoms with Crippen molar-refractivity contribution in [2.75, 3.05) is 0 Å². The molecule has 0 aliphatic carbocycles. The smallest absolute Gasteiger partial charge is 0.300 e. The second-order valence-corrected chi connectivity index (χ2v) is 4.96. The molecule has 1 N–H and O–H groups in total. The van der Waals surface area contributed by atoms with E-state index in [-0.39, 0.29) is 11.3 Å². The van der Waals surface area contributed by atoms with Crippen LogP contribution >= 0.6 is 0 Å². The molecule has 0 saturated carbocycles. The van der Waals surface area contributed by atoms with Gasteiger partial charge in [-0.05, 0) is 11.6 Å². The Bertz CT molecular complexity index is 879. The molecular weight excluding hydrogens is 294 g/mol. The van der Waals surface area contributed by atoms with Crippen molar-refractivity contribution in [3.8, 4) is 0 Å². The number of rotatable bonds is 4. The SMILES string of the molecule is O=C(NCc1ccccc1)c1c([N+](=O)[O-])cnc2ccccc12. The lowest BCUT2D eigenvalue weighted by molar-refractivity contribution is -0.385. The highest BCUT2D eigenvalue weighted by atomic mass is 16.6. The molecule has 6 heteroatoms. The van der Waals surface area contributed by atoms with Gasteiger partial charge in [0.2, 0.25) is 0 Å². The number of aromatic nitrogens is 1. The summed E-state index contributed by atoms with van der Waals surface area (Å²) in [5.74, 6) is -0.487. The third kappa shape index (κ3) is 3.01. The third-order valence-electron chi connectivity index (χ3n) is 3.48. The van der Waals surface area contributed by atoms with E-state index in [0.717, 1.165) is 11.8 Å². The maximum atomic E-state index is 12.5. The van der Waals surface area contributed by atoms with E-state index in [0.29, 0.717) is 17.4 Å². The Labute approximate surface area is 131 Å². The molecule has 0 spiro atoms. The van der Waals surface area contributed by atoms with Crippen LogP contribution in [0, 0.1) is 10.1 Å². The Balaban J connectivity index is 1.98. The molecule has 0 unspecified atom stereocenters. The van der Waals surface area contributed by atoms with Crippen molar-refractivity contribution >= 4 is 22.5 Å². The fourth-order valence-corrected chi connectivity index (χ4v) is 2.37. The molecule has 0 aliphatic rings. The van der Waals surface area contributed by atoms with Crippen LogP contribution in [-0.4, -0.2) is 15.8 Å². The molecule has 3 rings (SSSR count). The van der Waals surface area contributed by atoms with Gasteiger partial charge in [0.25, 0.3) is 5.91 Å². The fourth-order valence-electron chi connectivity index (χ4n) is 2.37. The van der Waals surface area contributed by atoms with Gasteiger partial charge in [-0.25, -0.2) is 4.98 Å². The van der Waals surface area contributed by atoms with Gasteiger partial charge in [0.05, 0.1) is 10.4 Å². The first kappa shape index (κ1) is 14.6. The first-order valence-electron chi connectivity index (χ1n) is 7.01. The van der Waals surface area contributed by atoms with Gasteiger partial charge in [0.15, 0.2) is 0 Å². The highest BCUT2D eigenvalue weighted by Crippen LogP contribution is 2.25. The number of nitro groups is 1. The molecule has 2 aromatic carbocycles. The number of benzene rings is 2. The normalized spacial score (nSPS) is 10.4. The van der Waals surface area contributed by atoms with Crippen molar-refractivity contribution in [2.45, 2.75) is 6.54 Å². The second kappa shape index (κ2) is 6.23. The number of carbonyl (C=O) groups is 1. The zero-order chi connectivity index (χ0) is 16.2. The summed E-state index contributed by atoms with van der Waals surface area (Å²) in [5.41, 5.74) is 1.20. The van der Waals surface area contributed by atoms with Crippen LogP contribution in [0.4, 0.5) is 5.69 Å². The highest BCUT2D eigenvalue weighted by molar-refractivity contribution is 6.09. The van der Waals surface area contributed by atoms with Crippen LogP contribution in [-0.2, 0) is 6.54 Å². The lowest BCUT2D eigenvalue weighted by Crippen LogP contribution is -2.24. The molecule has 3 aromatic rings. The van der Waals surface area contributed by atoms with E-state index in [1.807, 2.05) is 30.3 Å². The Hall–Kier alpha value is -3.28. The monoisotopic (exact) mass is 307 g/mol. The minimum absolute atomic E-state index is 0.0385. The van der Waals surface area contributed by atoms with Gasteiger partial charge < -0.3 is 5.32 Å². The molecule has 0 aliphatic heterocycles. The predicted octanol–water partition coefficient (Wildman–Crippen LogP) is 3.07. The number of fused-ring (bicyclic) bond motifs is 1. The number of carbonyl (C=O) groups excluding carboxylic acids is 1. The minimum atomic E-state index is -0.586. The largest absolute Gasteiger partial charge is 0.348 e. The first-order valence-corrected chi connectivity index (χ1v) is 7.01. The van der Waals surface area contributed by atoms with Crippen molar-refractivity contribution in [2.24, 2.45) is 0 Å². The molecule has 1 aromatic heterocycles. The van der Waals surface area contributed by atoms with E-state index in [1.54, 1.807) is 24.3 Å². The maximum Gasteiger partial charge on any atom is 0.300 e. The standard InChI is InChI=1S/C17H13N3O3/c21-17(19-10-12-6-2-1-3-7-12)16-13-8-4-5-9-14(13)18-11-15(16)20(22)23/h1-9,11H,10H2,(H,19,21). The van der Waals surface area contributed by atoms with E-state index < -0.39 is 10.8 Å². The number of para-hydroxylation sites is 1. The summed E-state index contributed by atoms with van der Waals surface area (Å²) < 4.78 is 0. The summed E-state index contributed by atoms with van der Waals surface area (Å²) in [5, 5.41) is 14.4. The van der Waals surface area contributed by atoms with Gasteiger partial charge in [-0.1, -0.05) is 48.5 Å². The van der Waals surface area contributed by atoms with Crippen LogP contribution in [0.15, 0.2) is 60.8 Å². The average Bonchev–Trinajstić information content (AvgIpc) is 2.59. The molecule has 114 valence electrons. The second-order valence-electron chi connectivity index (χ2n) is 4.96. The maximum absolute atomic E-state index is 12.5. The van der Waals surface area contributed by atoms with Crippen molar-refractivity contribution in [3.05, 3.63) is 82.0 Å². The summed E-state index contributed by atoms with van der Waals surface area (Å²) in [7, 11) is 0.